The van der Waals surface area contributed by atoms with Crippen molar-refractivity contribution in [2.24, 2.45) is 5.92 Å². The molecule has 2 N–H and O–H groups in total. The molecule has 1 heterocycles. The van der Waals surface area contributed by atoms with Gasteiger partial charge in [-0.25, -0.2) is 4.98 Å². The van der Waals surface area contributed by atoms with Crippen LogP contribution in [0.1, 0.15) is 36.1 Å². The molecule has 10 nitrogen and oxygen atoms in total. The molecule has 10 heteroatoms. The number of aromatic nitrogens is 2. The number of nitrogens with zero attached hydrogens (tertiary/aromatic N) is 3. The maximum Gasteiger partial charge on any atom is 0.277 e. The van der Waals surface area contributed by atoms with E-state index < -0.39 is 33.2 Å². The van der Waals surface area contributed by atoms with E-state index in [1.165, 1.54) is 0 Å². The van der Waals surface area contributed by atoms with Gasteiger partial charge in [0.25, 0.3) is 17.3 Å². The average molecular weight is 383 g/mol. The second kappa shape index (κ2) is 7.43. The minimum absolute atomic E-state index is 0.0572. The molecule has 0 aliphatic heterocycles. The van der Waals surface area contributed by atoms with Crippen LogP contribution in [0.2, 0.25) is 0 Å². The van der Waals surface area contributed by atoms with Crippen molar-refractivity contribution in [2.45, 2.75) is 19.9 Å². The van der Waals surface area contributed by atoms with Crippen LogP contribution in [-0.2, 0) is 0 Å². The van der Waals surface area contributed by atoms with Crippen LogP contribution in [0, 0.1) is 26.1 Å². The number of hydrogen-bond acceptors (Lipinski definition) is 6. The molecule has 1 aromatic heterocycles. The average Bonchev–Trinajstić information content (AvgIpc) is 3.08. The van der Waals surface area contributed by atoms with Crippen LogP contribution >= 0.6 is 0 Å². The number of H-pyrrole nitrogens is 1. The first kappa shape index (κ1) is 19.0. The fourth-order valence-corrected chi connectivity index (χ4v) is 2.83. The van der Waals surface area contributed by atoms with Gasteiger partial charge in [0.1, 0.15) is 5.82 Å². The summed E-state index contributed by atoms with van der Waals surface area (Å²) in [5, 5.41) is 24.8. The molecule has 0 saturated heterocycles. The zero-order valence-corrected chi connectivity index (χ0v) is 15.1. The number of carbonyl (C=O) groups excluding carboxylic acids is 1. The molecule has 0 aliphatic rings. The number of aromatic amines is 1. The number of nitro benzene ring substituents is 2. The summed E-state index contributed by atoms with van der Waals surface area (Å²) in [4.78, 5) is 40.9. The van der Waals surface area contributed by atoms with Crippen LogP contribution in [-0.4, -0.2) is 25.7 Å². The molecular formula is C18H17N5O5. The Bertz CT molecular complexity index is 1010. The number of benzene rings is 2. The van der Waals surface area contributed by atoms with Crippen molar-refractivity contribution in [2.75, 3.05) is 0 Å². The third kappa shape index (κ3) is 3.80. The molecule has 0 saturated carbocycles. The first-order valence-electron chi connectivity index (χ1n) is 8.45. The lowest BCUT2D eigenvalue weighted by molar-refractivity contribution is -0.394. The highest BCUT2D eigenvalue weighted by Crippen LogP contribution is 2.25. The molecule has 144 valence electrons. The molecule has 2 aromatic carbocycles. The Hall–Kier alpha value is -3.82. The van der Waals surface area contributed by atoms with Crippen molar-refractivity contribution in [3.63, 3.8) is 0 Å². The van der Waals surface area contributed by atoms with E-state index >= 15 is 0 Å². The predicted octanol–water partition coefficient (Wildman–Crippen LogP) is 3.51. The first-order valence-corrected chi connectivity index (χ1v) is 8.45. The molecular weight excluding hydrogens is 366 g/mol. The third-order valence-electron chi connectivity index (χ3n) is 4.24. The molecule has 1 atom stereocenters. The van der Waals surface area contributed by atoms with E-state index in [4.69, 9.17) is 0 Å². The molecule has 0 aliphatic carbocycles. The van der Waals surface area contributed by atoms with Gasteiger partial charge < -0.3 is 10.3 Å². The van der Waals surface area contributed by atoms with E-state index in [2.05, 4.69) is 15.3 Å². The Morgan fingerprint density at radius 1 is 1.07 bits per heavy atom. The molecule has 0 spiro atoms. The van der Waals surface area contributed by atoms with E-state index in [0.29, 0.717) is 5.82 Å². The van der Waals surface area contributed by atoms with E-state index in [-0.39, 0.29) is 11.5 Å². The van der Waals surface area contributed by atoms with Crippen LogP contribution in [0.15, 0.2) is 42.5 Å². The smallest absolute Gasteiger partial charge is 0.277 e. The van der Waals surface area contributed by atoms with Gasteiger partial charge in [-0.05, 0) is 18.1 Å². The van der Waals surface area contributed by atoms with Gasteiger partial charge in [0.15, 0.2) is 0 Å². The van der Waals surface area contributed by atoms with Crippen molar-refractivity contribution < 1.29 is 14.6 Å². The van der Waals surface area contributed by atoms with Crippen LogP contribution in [0.4, 0.5) is 11.4 Å². The van der Waals surface area contributed by atoms with Crippen LogP contribution in [0.3, 0.4) is 0 Å². The van der Waals surface area contributed by atoms with E-state index in [9.17, 15) is 25.0 Å². The lowest BCUT2D eigenvalue weighted by Gasteiger charge is -2.20. The Morgan fingerprint density at radius 2 is 1.68 bits per heavy atom. The SMILES string of the molecule is CC(C)[C@@H](NC(=O)c1cc([N+](=O)[O-])cc([N+](=O)[O-])c1)c1nc2ccccc2[nH]1. The molecule has 0 radical (unpaired) electrons. The highest BCUT2D eigenvalue weighted by molar-refractivity contribution is 5.95. The minimum Gasteiger partial charge on any atom is -0.342 e. The number of fused-ring (bicyclic) bond motifs is 1. The lowest BCUT2D eigenvalue weighted by atomic mass is 10.0. The normalized spacial score (nSPS) is 12.1. The number of hydrogen-bond donors (Lipinski definition) is 2. The Morgan fingerprint density at radius 3 is 2.21 bits per heavy atom. The quantitative estimate of drug-likeness (QED) is 0.492. The summed E-state index contributed by atoms with van der Waals surface area (Å²) < 4.78 is 0. The summed E-state index contributed by atoms with van der Waals surface area (Å²) in [6, 6.07) is 9.71. The Balaban J connectivity index is 1.94. The highest BCUT2D eigenvalue weighted by Gasteiger charge is 2.25. The van der Waals surface area contributed by atoms with Crippen molar-refractivity contribution in [1.29, 1.82) is 0 Å². The lowest BCUT2D eigenvalue weighted by Crippen LogP contribution is -2.32. The van der Waals surface area contributed by atoms with Gasteiger partial charge in [-0.1, -0.05) is 26.0 Å². The van der Waals surface area contributed by atoms with Crippen molar-refractivity contribution in [3.05, 3.63) is 74.1 Å². The number of para-hydroxylation sites is 2. The molecule has 0 unspecified atom stereocenters. The topological polar surface area (TPSA) is 144 Å². The van der Waals surface area contributed by atoms with E-state index in [1.54, 1.807) is 0 Å². The highest BCUT2D eigenvalue weighted by atomic mass is 16.6. The van der Waals surface area contributed by atoms with Gasteiger partial charge in [-0.3, -0.25) is 25.0 Å². The summed E-state index contributed by atoms with van der Waals surface area (Å²) in [5.74, 6) is -0.186. The second-order valence-electron chi connectivity index (χ2n) is 6.59. The maximum absolute atomic E-state index is 12.7. The fraction of sp³-hybridized carbons (Fsp3) is 0.222. The largest absolute Gasteiger partial charge is 0.342 e. The number of carbonyl (C=O) groups is 1. The molecule has 0 bridgehead atoms. The number of imidazole rings is 1. The number of non-ortho nitro benzene ring substituents is 2. The van der Waals surface area contributed by atoms with E-state index in [0.717, 1.165) is 29.2 Å². The van der Waals surface area contributed by atoms with Crippen molar-refractivity contribution in [3.8, 4) is 0 Å². The summed E-state index contributed by atoms with van der Waals surface area (Å²) in [7, 11) is 0. The van der Waals surface area contributed by atoms with Crippen LogP contribution in [0.25, 0.3) is 11.0 Å². The second-order valence-corrected chi connectivity index (χ2v) is 6.59. The van der Waals surface area contributed by atoms with Gasteiger partial charge in [0, 0.05) is 12.1 Å². The van der Waals surface area contributed by atoms with E-state index in [1.807, 2.05) is 38.1 Å². The first-order chi connectivity index (χ1) is 13.3. The third-order valence-corrected chi connectivity index (χ3v) is 4.24. The van der Waals surface area contributed by atoms with Gasteiger partial charge in [-0.15, -0.1) is 0 Å². The summed E-state index contributed by atoms with van der Waals surface area (Å²) in [5.41, 5.74) is 0.336. The fourth-order valence-electron chi connectivity index (χ4n) is 2.83. The maximum atomic E-state index is 12.7. The molecule has 3 aromatic rings. The summed E-state index contributed by atoms with van der Waals surface area (Å²) in [6.45, 7) is 3.77. The van der Waals surface area contributed by atoms with Crippen LogP contribution < -0.4 is 5.32 Å². The number of rotatable bonds is 6. The Kier molecular flexibility index (Phi) is 5.03. The number of nitro groups is 2. The van der Waals surface area contributed by atoms with Gasteiger partial charge >= 0.3 is 0 Å². The molecule has 1 amide bonds. The molecule has 3 rings (SSSR count). The van der Waals surface area contributed by atoms with Crippen LogP contribution in [0.5, 0.6) is 0 Å². The molecule has 28 heavy (non-hydrogen) atoms. The monoisotopic (exact) mass is 383 g/mol. The zero-order valence-electron chi connectivity index (χ0n) is 15.1. The van der Waals surface area contributed by atoms with Gasteiger partial charge in [0.2, 0.25) is 0 Å². The summed E-state index contributed by atoms with van der Waals surface area (Å²) in [6.07, 6.45) is 0. The number of amides is 1. The predicted molar refractivity (Wildman–Crippen MR) is 101 cm³/mol. The summed E-state index contributed by atoms with van der Waals surface area (Å²) >= 11 is 0. The standard InChI is InChI=1S/C18H17N5O5/c1-10(2)16(17-19-14-5-3-4-6-15(14)20-17)21-18(24)11-7-12(22(25)26)9-13(8-11)23(27)28/h3-10,16H,1-2H3,(H,19,20)(H,21,24)/t16-/m1/s1. The zero-order chi connectivity index (χ0) is 20.4. The van der Waals surface area contributed by atoms with Gasteiger partial charge in [0.05, 0.1) is 38.6 Å². The van der Waals surface area contributed by atoms with Gasteiger partial charge in [-0.2, -0.15) is 0 Å². The van der Waals surface area contributed by atoms with Crippen molar-refractivity contribution >= 4 is 28.3 Å². The number of nitrogens with one attached hydrogen (secondary N) is 2. The molecule has 0 fully saturated rings. The van der Waals surface area contributed by atoms with Crippen molar-refractivity contribution in [1.82, 2.24) is 15.3 Å². The minimum atomic E-state index is -0.775. The Labute approximate surface area is 158 Å².